The molecule has 0 spiro atoms. The molecule has 0 saturated carbocycles. The van der Waals surface area contributed by atoms with Crippen LogP contribution in [0.2, 0.25) is 0 Å². The van der Waals surface area contributed by atoms with Gasteiger partial charge in [-0.1, -0.05) is 27.7 Å². The Kier molecular flexibility index (Phi) is 2.25. The first-order valence-electron chi connectivity index (χ1n) is 5.36. The van der Waals surface area contributed by atoms with E-state index in [1.807, 2.05) is 0 Å². The third-order valence-electron chi connectivity index (χ3n) is 2.59. The molecule has 80 valence electrons. The van der Waals surface area contributed by atoms with Crippen LogP contribution in [0, 0.1) is 0 Å². The molecule has 2 rings (SSSR count). The number of aryl methyl sites for hydroxylation is 1. The summed E-state index contributed by atoms with van der Waals surface area (Å²) < 4.78 is 0. The van der Waals surface area contributed by atoms with Crippen LogP contribution in [0.3, 0.4) is 0 Å². The molecule has 1 N–H and O–H groups in total. The van der Waals surface area contributed by atoms with Crippen LogP contribution in [0.4, 0.5) is 0 Å². The first kappa shape index (κ1) is 10.1. The number of fused-ring (bicyclic) bond motifs is 1. The molecule has 0 unspecified atom stereocenters. The SMILES string of the molecule is CCc1cc2[nH]ncc2nc1C(C)(C)C. The second-order valence-corrected chi connectivity index (χ2v) is 4.90. The summed E-state index contributed by atoms with van der Waals surface area (Å²) in [5.41, 5.74) is 4.56. The van der Waals surface area contributed by atoms with Gasteiger partial charge in [-0.15, -0.1) is 0 Å². The van der Waals surface area contributed by atoms with Gasteiger partial charge < -0.3 is 0 Å². The van der Waals surface area contributed by atoms with Crippen molar-refractivity contribution in [3.05, 3.63) is 23.5 Å². The number of hydrogen-bond acceptors (Lipinski definition) is 2. The summed E-state index contributed by atoms with van der Waals surface area (Å²) in [7, 11) is 0. The van der Waals surface area contributed by atoms with Crippen LogP contribution in [0.5, 0.6) is 0 Å². The van der Waals surface area contributed by atoms with E-state index in [-0.39, 0.29) is 5.41 Å². The largest absolute Gasteiger partial charge is 0.276 e. The van der Waals surface area contributed by atoms with E-state index >= 15 is 0 Å². The van der Waals surface area contributed by atoms with Crippen molar-refractivity contribution in [2.45, 2.75) is 39.5 Å². The monoisotopic (exact) mass is 203 g/mol. The van der Waals surface area contributed by atoms with Crippen LogP contribution in [0.15, 0.2) is 12.3 Å². The van der Waals surface area contributed by atoms with Gasteiger partial charge in [0.15, 0.2) is 0 Å². The van der Waals surface area contributed by atoms with Gasteiger partial charge in [0, 0.05) is 11.1 Å². The fourth-order valence-electron chi connectivity index (χ4n) is 1.84. The van der Waals surface area contributed by atoms with Crippen LogP contribution < -0.4 is 0 Å². The maximum Gasteiger partial charge on any atom is 0.108 e. The number of aromatic amines is 1. The van der Waals surface area contributed by atoms with Crippen molar-refractivity contribution in [1.82, 2.24) is 15.2 Å². The average molecular weight is 203 g/mol. The highest BCUT2D eigenvalue weighted by Gasteiger charge is 2.20. The topological polar surface area (TPSA) is 41.6 Å². The van der Waals surface area contributed by atoms with E-state index in [1.165, 1.54) is 11.3 Å². The number of pyridine rings is 1. The summed E-state index contributed by atoms with van der Waals surface area (Å²) in [4.78, 5) is 4.68. The van der Waals surface area contributed by atoms with Crippen molar-refractivity contribution in [1.29, 1.82) is 0 Å². The molecule has 0 aromatic carbocycles. The summed E-state index contributed by atoms with van der Waals surface area (Å²) in [6, 6.07) is 2.16. The first-order valence-corrected chi connectivity index (χ1v) is 5.36. The minimum Gasteiger partial charge on any atom is -0.276 e. The highest BCUT2D eigenvalue weighted by Crippen LogP contribution is 2.26. The second-order valence-electron chi connectivity index (χ2n) is 4.90. The quantitative estimate of drug-likeness (QED) is 0.774. The summed E-state index contributed by atoms with van der Waals surface area (Å²) >= 11 is 0. The zero-order chi connectivity index (χ0) is 11.1. The van der Waals surface area contributed by atoms with E-state index in [1.54, 1.807) is 6.20 Å². The highest BCUT2D eigenvalue weighted by atomic mass is 15.1. The number of nitrogens with one attached hydrogen (secondary N) is 1. The Labute approximate surface area is 89.9 Å². The molecule has 0 saturated heterocycles. The van der Waals surface area contributed by atoms with E-state index in [0.717, 1.165) is 17.5 Å². The third kappa shape index (κ3) is 1.74. The second kappa shape index (κ2) is 3.33. The zero-order valence-corrected chi connectivity index (χ0v) is 9.76. The van der Waals surface area contributed by atoms with Crippen LogP contribution in [-0.2, 0) is 11.8 Å². The molecule has 15 heavy (non-hydrogen) atoms. The van der Waals surface area contributed by atoms with Crippen molar-refractivity contribution in [3.8, 4) is 0 Å². The van der Waals surface area contributed by atoms with Gasteiger partial charge in [-0.3, -0.25) is 5.10 Å². The Morgan fingerprint density at radius 1 is 1.33 bits per heavy atom. The van der Waals surface area contributed by atoms with Crippen LogP contribution >= 0.6 is 0 Å². The summed E-state index contributed by atoms with van der Waals surface area (Å²) in [6.45, 7) is 8.75. The van der Waals surface area contributed by atoms with Crippen LogP contribution in [0.1, 0.15) is 39.0 Å². The van der Waals surface area contributed by atoms with Crippen LogP contribution in [-0.4, -0.2) is 15.2 Å². The third-order valence-corrected chi connectivity index (χ3v) is 2.59. The van der Waals surface area contributed by atoms with Gasteiger partial charge in [-0.2, -0.15) is 5.10 Å². The summed E-state index contributed by atoms with van der Waals surface area (Å²) in [5.74, 6) is 0. The minimum absolute atomic E-state index is 0.0941. The van der Waals surface area contributed by atoms with Gasteiger partial charge in [0.1, 0.15) is 5.52 Å². The molecule has 2 heterocycles. The molecule has 0 aliphatic rings. The number of aromatic nitrogens is 3. The Morgan fingerprint density at radius 2 is 2.07 bits per heavy atom. The maximum atomic E-state index is 4.68. The number of hydrogen-bond donors (Lipinski definition) is 1. The van der Waals surface area contributed by atoms with Gasteiger partial charge in [0.2, 0.25) is 0 Å². The Bertz CT molecular complexity index is 477. The fraction of sp³-hybridized carbons (Fsp3) is 0.500. The average Bonchev–Trinajstić information content (AvgIpc) is 2.60. The van der Waals surface area contributed by atoms with Crippen molar-refractivity contribution in [3.63, 3.8) is 0 Å². The number of H-pyrrole nitrogens is 1. The molecule has 0 atom stereocenters. The maximum absolute atomic E-state index is 4.68. The molecule has 0 fully saturated rings. The minimum atomic E-state index is 0.0941. The smallest absolute Gasteiger partial charge is 0.108 e. The van der Waals surface area contributed by atoms with Gasteiger partial charge >= 0.3 is 0 Å². The van der Waals surface area contributed by atoms with Gasteiger partial charge in [0.05, 0.1) is 11.7 Å². The number of rotatable bonds is 1. The lowest BCUT2D eigenvalue weighted by Gasteiger charge is -2.21. The van der Waals surface area contributed by atoms with Gasteiger partial charge in [0.25, 0.3) is 0 Å². The lowest BCUT2D eigenvalue weighted by molar-refractivity contribution is 0.564. The normalized spacial score (nSPS) is 12.3. The molecular weight excluding hydrogens is 186 g/mol. The van der Waals surface area contributed by atoms with Crippen molar-refractivity contribution >= 4 is 11.0 Å². The number of nitrogens with zero attached hydrogens (tertiary/aromatic N) is 2. The first-order chi connectivity index (χ1) is 7.02. The summed E-state index contributed by atoms with van der Waals surface area (Å²) in [6.07, 6.45) is 2.79. The Morgan fingerprint density at radius 3 is 2.67 bits per heavy atom. The Hall–Kier alpha value is -1.38. The molecule has 0 bridgehead atoms. The lowest BCUT2D eigenvalue weighted by Crippen LogP contribution is -2.16. The molecule has 3 heteroatoms. The summed E-state index contributed by atoms with van der Waals surface area (Å²) in [5, 5.41) is 6.97. The fourth-order valence-corrected chi connectivity index (χ4v) is 1.84. The lowest BCUT2D eigenvalue weighted by atomic mass is 9.87. The molecule has 0 aliphatic carbocycles. The van der Waals surface area contributed by atoms with Crippen molar-refractivity contribution in [2.24, 2.45) is 0 Å². The van der Waals surface area contributed by atoms with E-state index in [9.17, 15) is 0 Å². The molecule has 0 amide bonds. The van der Waals surface area contributed by atoms with Crippen molar-refractivity contribution < 1.29 is 0 Å². The molecule has 0 radical (unpaired) electrons. The van der Waals surface area contributed by atoms with E-state index < -0.39 is 0 Å². The highest BCUT2D eigenvalue weighted by molar-refractivity contribution is 5.74. The standard InChI is InChI=1S/C12H17N3/c1-5-8-6-9-10(7-13-15-9)14-11(8)12(2,3)4/h6-7H,5H2,1-4H3,(H,13,15). The molecular formula is C12H17N3. The predicted molar refractivity (Wildman–Crippen MR) is 62.0 cm³/mol. The predicted octanol–water partition coefficient (Wildman–Crippen LogP) is 2.82. The van der Waals surface area contributed by atoms with E-state index in [4.69, 9.17) is 0 Å². The Balaban J connectivity index is 2.70. The van der Waals surface area contributed by atoms with Crippen LogP contribution in [0.25, 0.3) is 11.0 Å². The van der Waals surface area contributed by atoms with Gasteiger partial charge in [-0.05, 0) is 18.1 Å². The zero-order valence-electron chi connectivity index (χ0n) is 9.76. The van der Waals surface area contributed by atoms with Crippen molar-refractivity contribution in [2.75, 3.05) is 0 Å². The van der Waals surface area contributed by atoms with E-state index in [2.05, 4.69) is 48.9 Å². The molecule has 2 aromatic rings. The molecule has 0 aliphatic heterocycles. The molecule has 3 nitrogen and oxygen atoms in total. The molecule has 2 aromatic heterocycles. The van der Waals surface area contributed by atoms with E-state index in [0.29, 0.717) is 0 Å². The van der Waals surface area contributed by atoms with Gasteiger partial charge in [-0.25, -0.2) is 4.98 Å².